The number of ether oxygens (including phenoxy) is 3. The van der Waals surface area contributed by atoms with Gasteiger partial charge in [0, 0.05) is 6.61 Å². The molecule has 0 aliphatic heterocycles. The molecule has 2 fully saturated rings. The van der Waals surface area contributed by atoms with E-state index in [1.54, 1.807) is 0 Å². The fourth-order valence-corrected chi connectivity index (χ4v) is 7.59. The maximum absolute atomic E-state index is 10.8. The first-order valence-electron chi connectivity index (χ1n) is 14.3. The summed E-state index contributed by atoms with van der Waals surface area (Å²) in [6.07, 6.45) is 11.1. The number of carboxylic acid groups (broad SMARTS) is 1. The maximum Gasteiger partial charge on any atom is 0.329 e. The second-order valence-electron chi connectivity index (χ2n) is 11.6. The van der Waals surface area contributed by atoms with Gasteiger partial charge in [-0.1, -0.05) is 32.3 Å². The Morgan fingerprint density at radius 2 is 1.70 bits per heavy atom. The van der Waals surface area contributed by atoms with E-state index < -0.39 is 5.97 Å². The largest absolute Gasteiger partial charge is 0.508 e. The molecule has 1 aromatic carbocycles. The molecule has 0 amide bonds. The van der Waals surface area contributed by atoms with Crippen molar-refractivity contribution in [3.05, 3.63) is 29.3 Å². The Morgan fingerprint density at radius 1 is 0.973 bits per heavy atom. The maximum atomic E-state index is 10.8. The Hall–Kier alpha value is -1.67. The molecule has 6 atom stereocenters. The van der Waals surface area contributed by atoms with Crippen molar-refractivity contribution in [2.45, 2.75) is 83.2 Å². The fourth-order valence-electron chi connectivity index (χ4n) is 7.59. The van der Waals surface area contributed by atoms with Crippen molar-refractivity contribution >= 4 is 5.97 Å². The number of aliphatic hydroxyl groups excluding tert-OH is 1. The molecule has 6 unspecified atom stereocenters. The molecule has 1 aromatic rings. The zero-order valence-corrected chi connectivity index (χ0v) is 22.4. The zero-order chi connectivity index (χ0) is 26.3. The van der Waals surface area contributed by atoms with Gasteiger partial charge >= 0.3 is 5.97 Å². The quantitative estimate of drug-likeness (QED) is 0.283. The Labute approximate surface area is 221 Å². The molecule has 2 saturated carbocycles. The molecule has 0 spiro atoms. The molecule has 0 bridgehead atoms. The predicted octanol–water partition coefficient (Wildman–Crippen LogP) is 4.92. The van der Waals surface area contributed by atoms with Crippen LogP contribution in [0.4, 0.5) is 0 Å². The van der Waals surface area contributed by atoms with Gasteiger partial charge in [0.05, 0.1) is 32.5 Å². The van der Waals surface area contributed by atoms with Gasteiger partial charge in [0.1, 0.15) is 12.4 Å². The lowest BCUT2D eigenvalue weighted by Crippen LogP contribution is -2.47. The van der Waals surface area contributed by atoms with Crippen LogP contribution in [0, 0.1) is 23.2 Å². The van der Waals surface area contributed by atoms with Crippen LogP contribution in [0.25, 0.3) is 0 Å². The van der Waals surface area contributed by atoms with Gasteiger partial charge in [-0.25, -0.2) is 4.79 Å². The number of rotatable bonds is 15. The van der Waals surface area contributed by atoms with Crippen LogP contribution in [0.3, 0.4) is 0 Å². The number of aliphatic carboxylic acids is 1. The van der Waals surface area contributed by atoms with E-state index >= 15 is 0 Å². The van der Waals surface area contributed by atoms with Crippen molar-refractivity contribution in [1.29, 1.82) is 0 Å². The van der Waals surface area contributed by atoms with E-state index in [1.165, 1.54) is 30.4 Å². The third-order valence-electron chi connectivity index (χ3n) is 9.42. The number of benzene rings is 1. The van der Waals surface area contributed by atoms with Crippen molar-refractivity contribution < 1.29 is 34.3 Å². The van der Waals surface area contributed by atoms with Gasteiger partial charge in [-0.05, 0) is 97.3 Å². The monoisotopic (exact) mass is 518 g/mol. The number of carbonyl (C=O) groups is 1. The summed E-state index contributed by atoms with van der Waals surface area (Å²) in [5.74, 6) is 1.85. The number of aliphatic hydroxyl groups is 1. The minimum absolute atomic E-state index is 0.0698. The molecule has 3 N–H and O–H groups in total. The molecule has 208 valence electrons. The summed E-state index contributed by atoms with van der Waals surface area (Å²) in [4.78, 5) is 10.4. The highest BCUT2D eigenvalue weighted by Gasteiger charge is 2.56. The van der Waals surface area contributed by atoms with Crippen LogP contribution in [-0.2, 0) is 25.4 Å². The Balaban J connectivity index is 1.17. The standard InChI is InChI=1S/C30H46O7/c1-30-12-11-25-24-8-7-23(31)19-22(24)18-21(29(25)26(30)9-10-27(30)32)6-4-2-3-5-13-35-14-15-36-16-17-37-20-28(33)34/h7-8,19,21,25-27,29,31-32H,2-6,9-18,20H2,1H3,(H,33,34). The van der Waals surface area contributed by atoms with Crippen molar-refractivity contribution in [3.8, 4) is 5.75 Å². The molecular weight excluding hydrogens is 472 g/mol. The van der Waals surface area contributed by atoms with E-state index in [2.05, 4.69) is 13.0 Å². The van der Waals surface area contributed by atoms with E-state index in [0.717, 1.165) is 51.6 Å². The molecule has 3 aliphatic rings. The van der Waals surface area contributed by atoms with Gasteiger partial charge < -0.3 is 29.5 Å². The predicted molar refractivity (Wildman–Crippen MR) is 141 cm³/mol. The van der Waals surface area contributed by atoms with Crippen molar-refractivity contribution in [2.24, 2.45) is 23.2 Å². The molecule has 0 aromatic heterocycles. The molecule has 0 radical (unpaired) electrons. The van der Waals surface area contributed by atoms with Crippen molar-refractivity contribution in [1.82, 2.24) is 0 Å². The van der Waals surface area contributed by atoms with Gasteiger partial charge in [0.15, 0.2) is 0 Å². The van der Waals surface area contributed by atoms with Crippen LogP contribution in [0.15, 0.2) is 18.2 Å². The molecule has 7 heteroatoms. The molecule has 0 heterocycles. The fraction of sp³-hybridized carbons (Fsp3) is 0.767. The summed E-state index contributed by atoms with van der Waals surface area (Å²) in [6.45, 7) is 4.48. The van der Waals surface area contributed by atoms with Crippen LogP contribution in [0.1, 0.15) is 81.8 Å². The molecular formula is C30H46O7. The van der Waals surface area contributed by atoms with Crippen LogP contribution in [0.5, 0.6) is 5.75 Å². The number of fused-ring (bicyclic) bond motifs is 5. The van der Waals surface area contributed by atoms with Crippen LogP contribution in [0.2, 0.25) is 0 Å². The van der Waals surface area contributed by atoms with E-state index in [-0.39, 0.29) is 24.7 Å². The first-order valence-corrected chi connectivity index (χ1v) is 14.3. The smallest absolute Gasteiger partial charge is 0.329 e. The Kier molecular flexibility index (Phi) is 10.3. The lowest BCUT2D eigenvalue weighted by molar-refractivity contribution is -0.142. The summed E-state index contributed by atoms with van der Waals surface area (Å²) in [5.41, 5.74) is 2.87. The highest BCUT2D eigenvalue weighted by molar-refractivity contribution is 5.67. The normalized spacial score (nSPS) is 30.5. The minimum Gasteiger partial charge on any atom is -0.508 e. The van der Waals surface area contributed by atoms with Gasteiger partial charge in [-0.15, -0.1) is 0 Å². The highest BCUT2D eigenvalue weighted by Crippen LogP contribution is 2.62. The number of phenols is 1. The lowest BCUT2D eigenvalue weighted by atomic mass is 9.52. The van der Waals surface area contributed by atoms with Gasteiger partial charge in [-0.2, -0.15) is 0 Å². The van der Waals surface area contributed by atoms with Gasteiger partial charge in [0.2, 0.25) is 0 Å². The van der Waals surface area contributed by atoms with Crippen LogP contribution in [-0.4, -0.2) is 67.0 Å². The first-order chi connectivity index (χ1) is 17.9. The average Bonchev–Trinajstić information content (AvgIpc) is 3.17. The number of hydrogen-bond donors (Lipinski definition) is 3. The molecule has 37 heavy (non-hydrogen) atoms. The lowest BCUT2D eigenvalue weighted by Gasteiger charge is -2.53. The molecule has 4 rings (SSSR count). The minimum atomic E-state index is -0.970. The summed E-state index contributed by atoms with van der Waals surface area (Å²) in [5, 5.41) is 29.5. The average molecular weight is 519 g/mol. The van der Waals surface area contributed by atoms with Crippen LogP contribution < -0.4 is 0 Å². The highest BCUT2D eigenvalue weighted by atomic mass is 16.5. The van der Waals surface area contributed by atoms with Crippen molar-refractivity contribution in [2.75, 3.05) is 39.6 Å². The number of phenolic OH excluding ortho intramolecular Hbond substituents is 1. The van der Waals surface area contributed by atoms with Crippen LogP contribution >= 0.6 is 0 Å². The second kappa shape index (κ2) is 13.4. The Morgan fingerprint density at radius 3 is 2.49 bits per heavy atom. The van der Waals surface area contributed by atoms with Gasteiger partial charge in [-0.3, -0.25) is 0 Å². The third-order valence-corrected chi connectivity index (χ3v) is 9.42. The zero-order valence-electron chi connectivity index (χ0n) is 22.4. The molecule has 7 nitrogen and oxygen atoms in total. The van der Waals surface area contributed by atoms with Crippen molar-refractivity contribution in [3.63, 3.8) is 0 Å². The topological polar surface area (TPSA) is 105 Å². The number of carboxylic acids is 1. The summed E-state index contributed by atoms with van der Waals surface area (Å²) in [6, 6.07) is 6.03. The Bertz CT molecular complexity index is 873. The van der Waals surface area contributed by atoms with E-state index in [4.69, 9.17) is 19.3 Å². The first kappa shape index (κ1) is 28.3. The third kappa shape index (κ3) is 7.05. The van der Waals surface area contributed by atoms with E-state index in [9.17, 15) is 15.0 Å². The van der Waals surface area contributed by atoms with Gasteiger partial charge in [0.25, 0.3) is 0 Å². The summed E-state index contributed by atoms with van der Waals surface area (Å²) in [7, 11) is 0. The SMILES string of the molecule is CC12CCC3c4ccc(O)cc4CC(CCCCCCOCCOCCOCC(=O)O)C3C1CCC2O. The summed E-state index contributed by atoms with van der Waals surface area (Å²) < 4.78 is 15.9. The molecule has 3 aliphatic carbocycles. The second-order valence-corrected chi connectivity index (χ2v) is 11.6. The number of unbranched alkanes of at least 4 members (excludes halogenated alkanes) is 3. The van der Waals surface area contributed by atoms with E-state index in [0.29, 0.717) is 49.2 Å². The van der Waals surface area contributed by atoms with E-state index in [1.807, 2.05) is 12.1 Å². The number of hydrogen-bond acceptors (Lipinski definition) is 6. The number of aromatic hydroxyl groups is 1. The summed E-state index contributed by atoms with van der Waals surface area (Å²) >= 11 is 0. The molecule has 0 saturated heterocycles.